The number of rotatable bonds is 2. The molecule has 0 unspecified atom stereocenters. The van der Waals surface area contributed by atoms with Crippen LogP contribution in [0.4, 0.5) is 0 Å². The van der Waals surface area contributed by atoms with Crippen LogP contribution in [0.1, 0.15) is 11.4 Å². The summed E-state index contributed by atoms with van der Waals surface area (Å²) in [6.45, 7) is 3.87. The first-order valence-electron chi connectivity index (χ1n) is 6.47. The summed E-state index contributed by atoms with van der Waals surface area (Å²) in [4.78, 5) is 10.0. The fourth-order valence-electron chi connectivity index (χ4n) is 2.46. The SMILES string of the molecule is CSc1cc(Br)cc(Br)c1-n1cc(C)c2c(Cl)nc(C)nc21. The molecule has 0 spiro atoms. The van der Waals surface area contributed by atoms with E-state index in [9.17, 15) is 0 Å². The number of aryl methyl sites for hydroxylation is 2. The second-order valence-corrected chi connectivity index (χ2v) is 7.86. The number of thioether (sulfide) groups is 1. The second kappa shape index (κ2) is 6.15. The highest BCUT2D eigenvalue weighted by molar-refractivity contribution is 9.11. The van der Waals surface area contributed by atoms with Crippen LogP contribution in [0.25, 0.3) is 16.7 Å². The molecule has 0 saturated carbocycles. The Bertz CT molecular complexity index is 892. The number of benzene rings is 1. The number of aromatic nitrogens is 3. The van der Waals surface area contributed by atoms with Gasteiger partial charge in [-0.2, -0.15) is 0 Å². The zero-order chi connectivity index (χ0) is 16.0. The Labute approximate surface area is 154 Å². The van der Waals surface area contributed by atoms with Crippen LogP contribution >= 0.6 is 55.2 Å². The number of nitrogens with zero attached hydrogens (tertiary/aromatic N) is 3. The number of halogens is 3. The average molecular weight is 462 g/mol. The molecule has 114 valence electrons. The van der Waals surface area contributed by atoms with Gasteiger partial charge in [0.1, 0.15) is 16.6 Å². The van der Waals surface area contributed by atoms with Gasteiger partial charge in [0.25, 0.3) is 0 Å². The third-order valence-electron chi connectivity index (χ3n) is 3.36. The predicted octanol–water partition coefficient (Wildman–Crippen LogP) is 5.94. The Hall–Kier alpha value is -0.560. The average Bonchev–Trinajstić information content (AvgIpc) is 2.74. The Morgan fingerprint density at radius 2 is 1.91 bits per heavy atom. The smallest absolute Gasteiger partial charge is 0.150 e. The van der Waals surface area contributed by atoms with E-state index in [0.717, 1.165) is 36.1 Å². The van der Waals surface area contributed by atoms with Crippen LogP contribution in [0.5, 0.6) is 0 Å². The fraction of sp³-hybridized carbons (Fsp3) is 0.200. The molecule has 3 aromatic rings. The van der Waals surface area contributed by atoms with E-state index in [1.807, 2.05) is 19.9 Å². The highest BCUT2D eigenvalue weighted by Gasteiger charge is 2.18. The van der Waals surface area contributed by atoms with Gasteiger partial charge in [-0.3, -0.25) is 4.57 Å². The van der Waals surface area contributed by atoms with Crippen LogP contribution in [0.15, 0.2) is 32.2 Å². The van der Waals surface area contributed by atoms with Crippen LogP contribution in [0.3, 0.4) is 0 Å². The second-order valence-electron chi connectivity index (χ2n) is 4.88. The molecule has 0 atom stereocenters. The van der Waals surface area contributed by atoms with E-state index >= 15 is 0 Å². The summed E-state index contributed by atoms with van der Waals surface area (Å²) in [6, 6.07) is 4.13. The number of hydrogen-bond donors (Lipinski definition) is 0. The zero-order valence-corrected chi connectivity index (χ0v) is 16.9. The van der Waals surface area contributed by atoms with E-state index in [1.54, 1.807) is 11.8 Å². The quantitative estimate of drug-likeness (QED) is 0.350. The molecule has 2 aromatic heterocycles. The van der Waals surface area contributed by atoms with Crippen molar-refractivity contribution in [3.8, 4) is 5.69 Å². The van der Waals surface area contributed by atoms with Gasteiger partial charge < -0.3 is 0 Å². The lowest BCUT2D eigenvalue weighted by molar-refractivity contribution is 1.01. The first-order valence-corrected chi connectivity index (χ1v) is 9.66. The standard InChI is InChI=1S/C15H12Br2ClN3S/c1-7-6-21(15-12(7)14(18)19-8(2)20-15)13-10(17)4-9(16)5-11(13)22-3/h4-6H,1-3H3. The lowest BCUT2D eigenvalue weighted by Crippen LogP contribution is -2.00. The molecule has 1 aromatic carbocycles. The molecule has 7 heteroatoms. The lowest BCUT2D eigenvalue weighted by Gasteiger charge is -2.13. The van der Waals surface area contributed by atoms with Crippen molar-refractivity contribution in [3.63, 3.8) is 0 Å². The minimum absolute atomic E-state index is 0.498. The van der Waals surface area contributed by atoms with Crippen molar-refractivity contribution in [2.75, 3.05) is 6.26 Å². The first-order chi connectivity index (χ1) is 10.4. The summed E-state index contributed by atoms with van der Waals surface area (Å²) in [7, 11) is 0. The fourth-order valence-corrected chi connectivity index (χ4v) is 5.16. The molecule has 0 radical (unpaired) electrons. The Balaban J connectivity index is 2.42. The topological polar surface area (TPSA) is 30.7 Å². The maximum atomic E-state index is 6.32. The van der Waals surface area contributed by atoms with E-state index in [-0.39, 0.29) is 0 Å². The molecule has 3 rings (SSSR count). The van der Waals surface area contributed by atoms with Crippen LogP contribution in [-0.2, 0) is 0 Å². The molecule has 0 fully saturated rings. The van der Waals surface area contributed by atoms with Crippen molar-refractivity contribution in [2.45, 2.75) is 18.7 Å². The van der Waals surface area contributed by atoms with Gasteiger partial charge in [-0.05, 0) is 53.7 Å². The van der Waals surface area contributed by atoms with Crippen molar-refractivity contribution < 1.29 is 0 Å². The Morgan fingerprint density at radius 1 is 1.18 bits per heavy atom. The summed E-state index contributed by atoms with van der Waals surface area (Å²) in [5.74, 6) is 0.663. The van der Waals surface area contributed by atoms with Crippen molar-refractivity contribution in [2.24, 2.45) is 0 Å². The lowest BCUT2D eigenvalue weighted by atomic mass is 10.3. The summed E-state index contributed by atoms with van der Waals surface area (Å²) < 4.78 is 4.10. The normalized spacial score (nSPS) is 11.4. The zero-order valence-electron chi connectivity index (χ0n) is 12.1. The molecule has 3 nitrogen and oxygen atoms in total. The minimum Gasteiger partial charge on any atom is -0.299 e. The molecule has 0 N–H and O–H groups in total. The predicted molar refractivity (Wildman–Crippen MR) is 101 cm³/mol. The van der Waals surface area contributed by atoms with Gasteiger partial charge in [-0.15, -0.1) is 11.8 Å². The van der Waals surface area contributed by atoms with E-state index < -0.39 is 0 Å². The molecule has 22 heavy (non-hydrogen) atoms. The molecular formula is C15H12Br2ClN3S. The third kappa shape index (κ3) is 2.70. The summed E-state index contributed by atoms with van der Waals surface area (Å²) in [6.07, 6.45) is 4.11. The molecule has 0 bridgehead atoms. The summed E-state index contributed by atoms with van der Waals surface area (Å²) in [5, 5.41) is 1.40. The molecule has 2 heterocycles. The van der Waals surface area contributed by atoms with Gasteiger partial charge in [0.15, 0.2) is 0 Å². The maximum absolute atomic E-state index is 6.32. The molecule has 0 aliphatic rings. The van der Waals surface area contributed by atoms with Crippen LogP contribution < -0.4 is 0 Å². The minimum atomic E-state index is 0.498. The molecule has 0 aliphatic heterocycles. The van der Waals surface area contributed by atoms with E-state index in [1.165, 1.54) is 0 Å². The number of fused-ring (bicyclic) bond motifs is 1. The van der Waals surface area contributed by atoms with E-state index in [0.29, 0.717) is 11.0 Å². The Kier molecular flexibility index (Phi) is 4.56. The third-order valence-corrected chi connectivity index (χ3v) is 5.44. The summed E-state index contributed by atoms with van der Waals surface area (Å²) in [5.41, 5.74) is 2.94. The number of hydrogen-bond acceptors (Lipinski definition) is 3. The van der Waals surface area contributed by atoms with Crippen LogP contribution in [0, 0.1) is 13.8 Å². The van der Waals surface area contributed by atoms with Gasteiger partial charge in [0, 0.05) is 20.0 Å². The van der Waals surface area contributed by atoms with Crippen LogP contribution in [0.2, 0.25) is 5.15 Å². The molecule has 0 saturated heterocycles. The highest BCUT2D eigenvalue weighted by atomic mass is 79.9. The van der Waals surface area contributed by atoms with E-state index in [4.69, 9.17) is 11.6 Å². The van der Waals surface area contributed by atoms with E-state index in [2.05, 4.69) is 64.9 Å². The monoisotopic (exact) mass is 459 g/mol. The van der Waals surface area contributed by atoms with Gasteiger partial charge in [0.05, 0.1) is 11.1 Å². The van der Waals surface area contributed by atoms with Gasteiger partial charge >= 0.3 is 0 Å². The van der Waals surface area contributed by atoms with Gasteiger partial charge in [-0.1, -0.05) is 27.5 Å². The Morgan fingerprint density at radius 3 is 2.59 bits per heavy atom. The van der Waals surface area contributed by atoms with Gasteiger partial charge in [-0.25, -0.2) is 9.97 Å². The largest absolute Gasteiger partial charge is 0.299 e. The van der Waals surface area contributed by atoms with Gasteiger partial charge in [0.2, 0.25) is 0 Å². The molecule has 0 aliphatic carbocycles. The first kappa shape index (κ1) is 16.3. The maximum Gasteiger partial charge on any atom is 0.150 e. The van der Waals surface area contributed by atoms with Crippen LogP contribution in [-0.4, -0.2) is 20.8 Å². The van der Waals surface area contributed by atoms with Crippen molar-refractivity contribution in [3.05, 3.63) is 43.8 Å². The summed E-state index contributed by atoms with van der Waals surface area (Å²) >= 11 is 15.2. The van der Waals surface area contributed by atoms with Crippen molar-refractivity contribution in [1.29, 1.82) is 0 Å². The highest BCUT2D eigenvalue weighted by Crippen LogP contribution is 2.37. The van der Waals surface area contributed by atoms with Crippen molar-refractivity contribution in [1.82, 2.24) is 14.5 Å². The molecule has 0 amide bonds. The molecular weight excluding hydrogens is 450 g/mol. The van der Waals surface area contributed by atoms with Crippen molar-refractivity contribution >= 4 is 66.3 Å².